The van der Waals surface area contributed by atoms with Crippen LogP contribution >= 0.6 is 0 Å². The molecule has 0 spiro atoms. The van der Waals surface area contributed by atoms with E-state index in [4.69, 9.17) is 9.47 Å². The zero-order valence-corrected chi connectivity index (χ0v) is 56.3. The van der Waals surface area contributed by atoms with Gasteiger partial charge < -0.3 is 39.7 Å². The molecule has 4 aromatic carbocycles. The number of fused-ring (bicyclic) bond motifs is 2. The van der Waals surface area contributed by atoms with Gasteiger partial charge in [0.1, 0.15) is 12.3 Å². The van der Waals surface area contributed by atoms with Gasteiger partial charge in [-0.15, -0.1) is 0 Å². The molecule has 484 valence electrons. The highest BCUT2D eigenvalue weighted by Gasteiger charge is 2.28. The van der Waals surface area contributed by atoms with Gasteiger partial charge in [0.05, 0.1) is 59.1 Å². The number of hydrogen-bond donors (Lipinski definition) is 2. The van der Waals surface area contributed by atoms with Crippen molar-refractivity contribution >= 4 is 65.8 Å². The lowest BCUT2D eigenvalue weighted by Gasteiger charge is -2.34. The summed E-state index contributed by atoms with van der Waals surface area (Å²) < 4.78 is 18.3. The summed E-state index contributed by atoms with van der Waals surface area (Å²) in [6, 6.07) is 33.4. The van der Waals surface area contributed by atoms with E-state index in [2.05, 4.69) is 136 Å². The molecular weight excluding hydrogens is 1180 g/mol. The number of nitrogens with one attached hydrogen (secondary N) is 2. The number of ether oxygens (including phenoxy) is 2. The van der Waals surface area contributed by atoms with Crippen LogP contribution in [0.5, 0.6) is 0 Å². The second kappa shape index (κ2) is 27.9. The lowest BCUT2D eigenvalue weighted by atomic mass is 9.93. The van der Waals surface area contributed by atoms with Crippen LogP contribution in [0.2, 0.25) is 25.7 Å². The van der Waals surface area contributed by atoms with Crippen molar-refractivity contribution in [2.45, 2.75) is 98.6 Å². The molecule has 2 saturated heterocycles. The standard InChI is InChI=1S/C41H53N7O5Si.C32H33N5O2/c1-29-9-11-30(12-10-29)25-47-26-32(24-42-47)38(49)43-33-23-35(39(50)46(27-33)28-52-19-20-54(6,7)8)37-22-31-21-34(45-17-15-44(5)16-18-45)13-14-36(31)48(37)40(51)53-41(2,3)4;1-22-3-5-23(6-4-22)20-37-21-27(19-33-37)32(39)34-28-8-10-31(38)30(18-28)26-15-24-7-9-29(17-25(24)16-26)36-13-11-35(2)12-14-36/h9-14,21-24,26-27H,15-20,25,28H2,1-8H3,(H,43,49);3-9,16-19,21H,10-15,20H2,1-2H3,(H,34,39). The normalized spacial score (nSPS) is 15.5. The van der Waals surface area contributed by atoms with E-state index in [0.717, 1.165) is 92.6 Å². The minimum atomic E-state index is -1.39. The highest BCUT2D eigenvalue weighted by Crippen LogP contribution is 2.36. The van der Waals surface area contributed by atoms with Crippen LogP contribution in [0, 0.1) is 13.8 Å². The number of carbonyl (C=O) groups excluding carboxylic acids is 4. The Hall–Kier alpha value is -9.21. The highest BCUT2D eigenvalue weighted by atomic mass is 28.3. The summed E-state index contributed by atoms with van der Waals surface area (Å²) in [5.74, 6) is -0.537. The Morgan fingerprint density at radius 2 is 1.23 bits per heavy atom. The van der Waals surface area contributed by atoms with Crippen molar-refractivity contribution in [3.05, 3.63) is 212 Å². The maximum atomic E-state index is 14.3. The minimum Gasteiger partial charge on any atom is -0.443 e. The van der Waals surface area contributed by atoms with Gasteiger partial charge in [0.25, 0.3) is 17.4 Å². The Morgan fingerprint density at radius 1 is 0.656 bits per heavy atom. The largest absolute Gasteiger partial charge is 0.443 e. The van der Waals surface area contributed by atoms with E-state index in [9.17, 15) is 24.0 Å². The molecule has 20 heteroatoms. The first-order chi connectivity index (χ1) is 44.4. The van der Waals surface area contributed by atoms with Crippen LogP contribution in [0.25, 0.3) is 28.2 Å². The van der Waals surface area contributed by atoms with Crippen molar-refractivity contribution in [3.63, 3.8) is 0 Å². The van der Waals surface area contributed by atoms with Crippen LogP contribution in [0.4, 0.5) is 21.9 Å². The fraction of sp³-hybridized carbons (Fsp3) is 0.356. The molecule has 4 aliphatic rings. The second-order valence-electron chi connectivity index (χ2n) is 27.2. The molecule has 0 atom stereocenters. The molecule has 19 nitrogen and oxygen atoms in total. The number of aryl methyl sites for hydroxylation is 2. The number of aromatic nitrogens is 6. The second-order valence-corrected chi connectivity index (χ2v) is 32.9. The van der Waals surface area contributed by atoms with Crippen LogP contribution < -0.4 is 26.0 Å². The van der Waals surface area contributed by atoms with Gasteiger partial charge in [-0.1, -0.05) is 97.5 Å². The number of likely N-dealkylation sites (N-methyl/N-ethyl adjacent to an activating group) is 2. The van der Waals surface area contributed by atoms with Crippen LogP contribution in [0.15, 0.2) is 162 Å². The molecule has 0 radical (unpaired) electrons. The van der Waals surface area contributed by atoms with E-state index in [-0.39, 0.29) is 41.9 Å². The van der Waals surface area contributed by atoms with Crippen molar-refractivity contribution < 1.29 is 28.7 Å². The number of nitrogens with zero attached hydrogens (tertiary/aromatic N) is 10. The quantitative estimate of drug-likeness (QED) is 0.0648. The summed E-state index contributed by atoms with van der Waals surface area (Å²) in [5.41, 5.74) is 12.9. The summed E-state index contributed by atoms with van der Waals surface area (Å²) >= 11 is 0. The third kappa shape index (κ3) is 16.5. The zero-order valence-electron chi connectivity index (χ0n) is 55.3. The average Bonchev–Trinajstić information content (AvgIpc) is 1.63. The number of hydrogen-bond acceptors (Lipinski definition) is 13. The van der Waals surface area contributed by atoms with Gasteiger partial charge in [-0.05, 0) is 138 Å². The molecule has 0 saturated carbocycles. The topological polar surface area (TPSA) is 186 Å². The molecule has 8 aromatic rings. The number of amides is 2. The number of anilines is 3. The van der Waals surface area contributed by atoms with Gasteiger partial charge in [0.15, 0.2) is 5.78 Å². The summed E-state index contributed by atoms with van der Waals surface area (Å²) in [5, 5.41) is 15.5. The van der Waals surface area contributed by atoms with Crippen molar-refractivity contribution in [3.8, 4) is 11.3 Å². The maximum Gasteiger partial charge on any atom is 0.419 e. The number of Topliss-reactive ketones (excluding diaryl/α,β-unsaturated/α-hetero) is 1. The van der Waals surface area contributed by atoms with E-state index in [0.29, 0.717) is 59.0 Å². The smallest absolute Gasteiger partial charge is 0.419 e. The molecular formula is C73H86N12O7Si. The molecule has 4 aromatic heterocycles. The molecule has 6 heterocycles. The molecule has 2 amide bonds. The molecule has 12 rings (SSSR count). The van der Waals surface area contributed by atoms with Crippen LogP contribution in [0.3, 0.4) is 0 Å². The van der Waals surface area contributed by atoms with Gasteiger partial charge in [-0.25, -0.2) is 9.36 Å². The number of ketones is 1. The first-order valence-electron chi connectivity index (χ1n) is 32.1. The first kappa shape index (κ1) is 65.3. The third-order valence-electron chi connectivity index (χ3n) is 17.2. The molecule has 0 unspecified atom stereocenters. The van der Waals surface area contributed by atoms with Crippen LogP contribution in [0.1, 0.15) is 81.3 Å². The molecule has 93 heavy (non-hydrogen) atoms. The highest BCUT2D eigenvalue weighted by molar-refractivity contribution is 6.76. The zero-order chi connectivity index (χ0) is 65.7. The Morgan fingerprint density at radius 3 is 1.81 bits per heavy atom. The van der Waals surface area contributed by atoms with Crippen LogP contribution in [-0.4, -0.2) is 149 Å². The van der Waals surface area contributed by atoms with Crippen molar-refractivity contribution in [1.82, 2.24) is 43.8 Å². The SMILES string of the molecule is Cc1ccc(Cn2cc(C(=O)NC3=CCC(=O)C(C4=Cc5cc(N6CCN(C)CC6)ccc5C4)=C3)cn2)cc1.Cc1ccc(Cn2cc(C(=O)Nc3cc(-c4cc5cc(N6CCN(C)CC6)ccc5n4C(=O)OC(C)(C)C)c(=O)n(COCC[Si](C)(C)C)c3)cn2)cc1. The number of pyridine rings is 1. The van der Waals surface area contributed by atoms with Crippen molar-refractivity contribution in [1.29, 1.82) is 0 Å². The Balaban J connectivity index is 0.000000200. The van der Waals surface area contributed by atoms with Crippen molar-refractivity contribution in [2.24, 2.45) is 0 Å². The van der Waals surface area contributed by atoms with Gasteiger partial charge in [-0.3, -0.25) is 33.1 Å². The van der Waals surface area contributed by atoms with E-state index in [1.165, 1.54) is 43.3 Å². The van der Waals surface area contributed by atoms with Gasteiger partial charge in [0.2, 0.25) is 0 Å². The number of piperazine rings is 2. The lowest BCUT2D eigenvalue weighted by Crippen LogP contribution is -2.44. The molecule has 2 fully saturated rings. The predicted molar refractivity (Wildman–Crippen MR) is 371 cm³/mol. The monoisotopic (exact) mass is 1270 g/mol. The van der Waals surface area contributed by atoms with E-state index >= 15 is 0 Å². The molecule has 2 aliphatic carbocycles. The molecule has 2 aliphatic heterocycles. The van der Waals surface area contributed by atoms with Crippen molar-refractivity contribution in [2.75, 3.05) is 88.2 Å². The molecule has 0 bridgehead atoms. The number of rotatable bonds is 17. The van der Waals surface area contributed by atoms with Crippen LogP contribution in [-0.2, 0) is 40.5 Å². The average molecular weight is 1270 g/mol. The number of carbonyl (C=O) groups is 4. The summed E-state index contributed by atoms with van der Waals surface area (Å²) in [6.45, 7) is 25.8. The summed E-state index contributed by atoms with van der Waals surface area (Å²) in [4.78, 5) is 77.2. The van der Waals surface area contributed by atoms with Gasteiger partial charge in [0, 0.05) is 120 Å². The Kier molecular flexibility index (Phi) is 19.6. The predicted octanol–water partition coefficient (Wildman–Crippen LogP) is 11.3. The number of benzene rings is 4. The maximum absolute atomic E-state index is 14.3. The van der Waals surface area contributed by atoms with E-state index in [1.54, 1.807) is 46.3 Å². The van der Waals surface area contributed by atoms with Gasteiger partial charge >= 0.3 is 6.09 Å². The first-order valence-corrected chi connectivity index (χ1v) is 35.8. The summed E-state index contributed by atoms with van der Waals surface area (Å²) in [6.07, 6.45) is 14.3. The number of allylic oxidation sites excluding steroid dienone is 4. The molecule has 2 N–H and O–H groups in total. The van der Waals surface area contributed by atoms with E-state index in [1.807, 2.05) is 76.2 Å². The lowest BCUT2D eigenvalue weighted by molar-refractivity contribution is -0.114. The fourth-order valence-electron chi connectivity index (χ4n) is 11.7. The van der Waals surface area contributed by atoms with E-state index < -0.39 is 19.8 Å². The van der Waals surface area contributed by atoms with Gasteiger partial charge in [-0.2, -0.15) is 10.2 Å². The third-order valence-corrected chi connectivity index (χ3v) is 18.9. The summed E-state index contributed by atoms with van der Waals surface area (Å²) in [7, 11) is 2.89. The fourth-order valence-corrected chi connectivity index (χ4v) is 12.5. The Bertz CT molecular complexity index is 4240. The Labute approximate surface area is 545 Å². The minimum absolute atomic E-state index is 0.0191.